The molecule has 3 heteroatoms. The Labute approximate surface area is 74.4 Å². The molecular weight excluding hydrogens is 180 g/mol. The lowest BCUT2D eigenvalue weighted by molar-refractivity contribution is 0.129. The van der Waals surface area contributed by atoms with Crippen molar-refractivity contribution in [3.63, 3.8) is 0 Å². The van der Waals surface area contributed by atoms with Gasteiger partial charge in [0, 0.05) is 35.0 Å². The largest absolute Gasteiger partial charge is 0.377 e. The second kappa shape index (κ2) is 5.03. The molecule has 0 N–H and O–H groups in total. The molecular formula is C5H9BrMgO. The summed E-state index contributed by atoms with van der Waals surface area (Å²) in [5, 5.41) is 1.01. The zero-order chi connectivity index (χ0) is 5.11. The molecule has 2 radical (unpaired) electrons. The van der Waals surface area contributed by atoms with E-state index in [1.54, 1.807) is 0 Å². The summed E-state index contributed by atoms with van der Waals surface area (Å²) in [6.45, 7) is 0.969. The highest BCUT2D eigenvalue weighted by atomic mass is 79.9. The van der Waals surface area contributed by atoms with Crippen LogP contribution in [0, 0.1) is 0 Å². The Morgan fingerprint density at radius 2 is 2.38 bits per heavy atom. The molecule has 0 bridgehead atoms. The van der Waals surface area contributed by atoms with Gasteiger partial charge in [-0.3, -0.25) is 0 Å². The average molecular weight is 189 g/mol. The number of hydrogen-bond donors (Lipinski definition) is 0. The van der Waals surface area contributed by atoms with Crippen LogP contribution in [0.4, 0.5) is 0 Å². The van der Waals surface area contributed by atoms with Gasteiger partial charge >= 0.3 is 0 Å². The lowest BCUT2D eigenvalue weighted by Crippen LogP contribution is -2.04. The SMILES string of the molecule is BrCC1CCCO1.[Mg]. The van der Waals surface area contributed by atoms with Gasteiger partial charge in [0.1, 0.15) is 0 Å². The van der Waals surface area contributed by atoms with Gasteiger partial charge in [0.05, 0.1) is 6.10 Å². The monoisotopic (exact) mass is 188 g/mol. The Morgan fingerprint density at radius 1 is 1.62 bits per heavy atom. The van der Waals surface area contributed by atoms with Crippen LogP contribution in [0.1, 0.15) is 12.8 Å². The van der Waals surface area contributed by atoms with Gasteiger partial charge in [-0.2, -0.15) is 0 Å². The van der Waals surface area contributed by atoms with Crippen LogP contribution in [-0.2, 0) is 4.74 Å². The van der Waals surface area contributed by atoms with Crippen LogP contribution in [0.25, 0.3) is 0 Å². The van der Waals surface area contributed by atoms with Crippen LogP contribution in [0.5, 0.6) is 0 Å². The molecule has 1 unspecified atom stereocenters. The Hall–Kier alpha value is 1.21. The first kappa shape index (κ1) is 9.21. The predicted molar refractivity (Wildman–Crippen MR) is 38.5 cm³/mol. The number of halogens is 1. The zero-order valence-electron chi connectivity index (χ0n) is 4.90. The first-order chi connectivity index (χ1) is 3.43. The van der Waals surface area contributed by atoms with E-state index >= 15 is 0 Å². The van der Waals surface area contributed by atoms with Gasteiger partial charge in [0.25, 0.3) is 0 Å². The van der Waals surface area contributed by atoms with Crippen LogP contribution >= 0.6 is 15.9 Å². The summed E-state index contributed by atoms with van der Waals surface area (Å²) in [5.41, 5.74) is 0. The van der Waals surface area contributed by atoms with Crippen molar-refractivity contribution in [2.75, 3.05) is 11.9 Å². The van der Waals surface area contributed by atoms with Crippen LogP contribution in [0.2, 0.25) is 0 Å². The maximum absolute atomic E-state index is 5.26. The minimum absolute atomic E-state index is 0. The molecule has 0 saturated carbocycles. The molecule has 1 aliphatic heterocycles. The molecule has 0 aromatic heterocycles. The van der Waals surface area contributed by atoms with E-state index in [1.807, 2.05) is 0 Å². The predicted octanol–water partition coefficient (Wildman–Crippen LogP) is 1.18. The minimum Gasteiger partial charge on any atom is -0.377 e. The summed E-state index contributed by atoms with van der Waals surface area (Å²) in [5.74, 6) is 0. The van der Waals surface area contributed by atoms with E-state index in [2.05, 4.69) is 15.9 Å². The summed E-state index contributed by atoms with van der Waals surface area (Å²) >= 11 is 3.35. The summed E-state index contributed by atoms with van der Waals surface area (Å²) in [6, 6.07) is 0. The maximum atomic E-state index is 5.26. The van der Waals surface area contributed by atoms with Crippen LogP contribution in [0.3, 0.4) is 0 Å². The highest BCUT2D eigenvalue weighted by Crippen LogP contribution is 2.12. The van der Waals surface area contributed by atoms with E-state index in [0.717, 1.165) is 11.9 Å². The third-order valence-electron chi connectivity index (χ3n) is 1.20. The van der Waals surface area contributed by atoms with Crippen molar-refractivity contribution < 1.29 is 4.74 Å². The van der Waals surface area contributed by atoms with Crippen molar-refractivity contribution in [3.8, 4) is 0 Å². The molecule has 1 nitrogen and oxygen atoms in total. The quantitative estimate of drug-likeness (QED) is 0.444. The van der Waals surface area contributed by atoms with Gasteiger partial charge in [-0.25, -0.2) is 0 Å². The normalized spacial score (nSPS) is 27.4. The Kier molecular flexibility index (Phi) is 5.79. The third kappa shape index (κ3) is 2.66. The molecule has 0 aliphatic carbocycles. The van der Waals surface area contributed by atoms with Crippen molar-refractivity contribution in [1.82, 2.24) is 0 Å². The van der Waals surface area contributed by atoms with E-state index in [-0.39, 0.29) is 23.1 Å². The third-order valence-corrected chi connectivity index (χ3v) is 1.92. The summed E-state index contributed by atoms with van der Waals surface area (Å²) < 4.78 is 5.26. The van der Waals surface area contributed by atoms with Gasteiger partial charge in [0.15, 0.2) is 0 Å². The zero-order valence-corrected chi connectivity index (χ0v) is 7.90. The number of hydrogen-bond acceptors (Lipinski definition) is 1. The smallest absolute Gasteiger partial charge is 0.0672 e. The van der Waals surface area contributed by atoms with Crippen molar-refractivity contribution in [3.05, 3.63) is 0 Å². The van der Waals surface area contributed by atoms with E-state index in [4.69, 9.17) is 4.74 Å². The van der Waals surface area contributed by atoms with E-state index in [9.17, 15) is 0 Å². The van der Waals surface area contributed by atoms with Crippen molar-refractivity contribution in [2.45, 2.75) is 18.9 Å². The van der Waals surface area contributed by atoms with Gasteiger partial charge in [-0.1, -0.05) is 15.9 Å². The van der Waals surface area contributed by atoms with E-state index in [0.29, 0.717) is 6.10 Å². The molecule has 0 aromatic rings. The average Bonchev–Trinajstić information content (AvgIpc) is 2.14. The second-order valence-electron chi connectivity index (χ2n) is 1.79. The molecule has 1 rings (SSSR count). The number of rotatable bonds is 1. The highest BCUT2D eigenvalue weighted by molar-refractivity contribution is 9.09. The van der Waals surface area contributed by atoms with Gasteiger partial charge < -0.3 is 4.74 Å². The van der Waals surface area contributed by atoms with Gasteiger partial charge in [-0.15, -0.1) is 0 Å². The maximum Gasteiger partial charge on any atom is 0.0672 e. The number of alkyl halides is 1. The molecule has 8 heavy (non-hydrogen) atoms. The lowest BCUT2D eigenvalue weighted by atomic mass is 10.3. The summed E-state index contributed by atoms with van der Waals surface area (Å²) in [4.78, 5) is 0. The molecule has 1 heterocycles. The standard InChI is InChI=1S/C5H9BrO.Mg/c6-4-5-2-1-3-7-5;/h5H,1-4H2;. The fourth-order valence-electron chi connectivity index (χ4n) is 0.766. The van der Waals surface area contributed by atoms with E-state index in [1.165, 1.54) is 12.8 Å². The minimum atomic E-state index is 0. The second-order valence-corrected chi connectivity index (χ2v) is 2.44. The fraction of sp³-hybridized carbons (Fsp3) is 1.00. The topological polar surface area (TPSA) is 9.23 Å². The molecule has 44 valence electrons. The van der Waals surface area contributed by atoms with Gasteiger partial charge in [-0.05, 0) is 12.8 Å². The number of ether oxygens (including phenoxy) is 1. The highest BCUT2D eigenvalue weighted by Gasteiger charge is 2.12. The lowest BCUT2D eigenvalue weighted by Gasteiger charge is -2.00. The van der Waals surface area contributed by atoms with Crippen molar-refractivity contribution in [2.24, 2.45) is 0 Å². The first-order valence-electron chi connectivity index (χ1n) is 2.61. The molecule has 0 aromatic carbocycles. The Morgan fingerprint density at radius 3 is 2.62 bits per heavy atom. The molecule has 1 saturated heterocycles. The molecule has 1 atom stereocenters. The van der Waals surface area contributed by atoms with Crippen LogP contribution in [0.15, 0.2) is 0 Å². The van der Waals surface area contributed by atoms with Crippen molar-refractivity contribution >= 4 is 39.0 Å². The fourth-order valence-corrected chi connectivity index (χ4v) is 1.28. The molecule has 1 aliphatic rings. The summed E-state index contributed by atoms with van der Waals surface area (Å²) in [7, 11) is 0. The van der Waals surface area contributed by atoms with Gasteiger partial charge in [0.2, 0.25) is 0 Å². The van der Waals surface area contributed by atoms with Crippen molar-refractivity contribution in [1.29, 1.82) is 0 Å². The Bertz CT molecular complexity index is 54.4. The Balaban J connectivity index is 0.000000490. The first-order valence-corrected chi connectivity index (χ1v) is 3.73. The van der Waals surface area contributed by atoms with Crippen LogP contribution in [-0.4, -0.2) is 41.1 Å². The molecule has 0 spiro atoms. The summed E-state index contributed by atoms with van der Waals surface area (Å²) in [6.07, 6.45) is 3.00. The molecule has 0 amide bonds. The van der Waals surface area contributed by atoms with E-state index < -0.39 is 0 Å². The van der Waals surface area contributed by atoms with Crippen LogP contribution < -0.4 is 0 Å². The molecule has 1 fully saturated rings.